The molecular weight excluding hydrogens is 526 g/mol. The van der Waals surface area contributed by atoms with Gasteiger partial charge in [-0.15, -0.1) is 0 Å². The first kappa shape index (κ1) is 29.2. The topological polar surface area (TPSA) is 68.2 Å². The Balaban J connectivity index is 1.83. The SMILES string of the molecule is CC(C)(C)c1ccc(OP(O)OP(O)(Oc2ccccc2)(c2ccccc2)c2ccccc2)c(C(C)(C)C)c1. The van der Waals surface area contributed by atoms with Gasteiger partial charge in [-0.25, -0.2) is 0 Å². The van der Waals surface area contributed by atoms with Gasteiger partial charge in [0.2, 0.25) is 0 Å². The van der Waals surface area contributed by atoms with Crippen molar-refractivity contribution >= 4 is 26.5 Å². The Kier molecular flexibility index (Phi) is 8.24. The molecule has 7 heteroatoms. The molecule has 2 N–H and O–H groups in total. The molecule has 0 fully saturated rings. The summed E-state index contributed by atoms with van der Waals surface area (Å²) in [6.07, 6.45) is 0. The zero-order chi connectivity index (χ0) is 28.3. The van der Waals surface area contributed by atoms with Crippen LogP contribution in [0.4, 0.5) is 0 Å². The molecule has 5 nitrogen and oxygen atoms in total. The summed E-state index contributed by atoms with van der Waals surface area (Å²) in [4.78, 5) is 24.3. The van der Waals surface area contributed by atoms with Crippen LogP contribution < -0.4 is 19.7 Å². The summed E-state index contributed by atoms with van der Waals surface area (Å²) < 4.78 is 18.9. The van der Waals surface area contributed by atoms with Crippen LogP contribution in [0.25, 0.3) is 0 Å². The van der Waals surface area contributed by atoms with E-state index in [1.165, 1.54) is 0 Å². The van der Waals surface area contributed by atoms with E-state index in [2.05, 4.69) is 47.6 Å². The Morgan fingerprint density at radius 2 is 1.13 bits per heavy atom. The first-order valence-corrected chi connectivity index (χ1v) is 16.1. The van der Waals surface area contributed by atoms with E-state index in [1.54, 1.807) is 60.7 Å². The average molecular weight is 565 g/mol. The minimum absolute atomic E-state index is 0.0556. The van der Waals surface area contributed by atoms with Gasteiger partial charge in [0.25, 0.3) is 0 Å². The molecule has 0 aliphatic carbocycles. The van der Waals surface area contributed by atoms with Crippen molar-refractivity contribution in [2.45, 2.75) is 52.4 Å². The van der Waals surface area contributed by atoms with E-state index in [0.29, 0.717) is 22.1 Å². The van der Waals surface area contributed by atoms with Crippen LogP contribution >= 0.6 is 15.9 Å². The molecule has 4 aromatic rings. The summed E-state index contributed by atoms with van der Waals surface area (Å²) in [5, 5.41) is 0.811. The minimum atomic E-state index is -4.98. The normalized spacial score (nSPS) is 14.2. The molecule has 39 heavy (non-hydrogen) atoms. The van der Waals surface area contributed by atoms with Crippen molar-refractivity contribution in [3.8, 4) is 11.5 Å². The van der Waals surface area contributed by atoms with E-state index in [9.17, 15) is 9.79 Å². The van der Waals surface area contributed by atoms with Crippen LogP contribution in [0.3, 0.4) is 0 Å². The van der Waals surface area contributed by atoms with Gasteiger partial charge in [-0.3, -0.25) is 0 Å². The number of rotatable bonds is 8. The molecule has 0 saturated heterocycles. The first-order valence-electron chi connectivity index (χ1n) is 13.0. The van der Waals surface area contributed by atoms with Crippen LogP contribution in [0.15, 0.2) is 109 Å². The number of hydrogen-bond donors (Lipinski definition) is 2. The molecule has 0 spiro atoms. The van der Waals surface area contributed by atoms with E-state index >= 15 is 0 Å². The van der Waals surface area contributed by atoms with Crippen molar-refractivity contribution in [1.82, 2.24) is 0 Å². The molecule has 0 aliphatic rings. The quantitative estimate of drug-likeness (QED) is 0.213. The number of benzene rings is 4. The molecule has 0 heterocycles. The van der Waals surface area contributed by atoms with Gasteiger partial charge in [0.05, 0.1) is 0 Å². The van der Waals surface area contributed by atoms with E-state index in [1.807, 2.05) is 42.5 Å². The zero-order valence-electron chi connectivity index (χ0n) is 23.4. The van der Waals surface area contributed by atoms with Gasteiger partial charge < -0.3 is 0 Å². The Morgan fingerprint density at radius 1 is 0.641 bits per heavy atom. The van der Waals surface area contributed by atoms with E-state index in [4.69, 9.17) is 13.4 Å². The van der Waals surface area contributed by atoms with Crippen LogP contribution in [-0.2, 0) is 15.1 Å². The van der Waals surface area contributed by atoms with E-state index in [0.717, 1.165) is 11.1 Å². The van der Waals surface area contributed by atoms with Crippen LogP contribution in [0, 0.1) is 0 Å². The van der Waals surface area contributed by atoms with Gasteiger partial charge in [-0.05, 0) is 0 Å². The molecular formula is C32H38O5P2. The van der Waals surface area contributed by atoms with Crippen LogP contribution in [-0.4, -0.2) is 9.79 Å². The number of hydrogen-bond acceptors (Lipinski definition) is 5. The third-order valence-corrected chi connectivity index (χ3v) is 11.6. The van der Waals surface area contributed by atoms with Gasteiger partial charge in [0.1, 0.15) is 0 Å². The predicted molar refractivity (Wildman–Crippen MR) is 163 cm³/mol. The number of para-hydroxylation sites is 1. The molecule has 206 valence electrons. The van der Waals surface area contributed by atoms with Gasteiger partial charge >= 0.3 is 234 Å². The van der Waals surface area contributed by atoms with Crippen molar-refractivity contribution in [1.29, 1.82) is 0 Å². The standard InChI is InChI=1S/C32H38O5P2/c1-31(2,3)25-22-23-30(29(24-25)32(4,5)6)35-38(33)37-39(34,27-18-12-8-13-19-27,28-20-14-9-15-21-28)36-26-16-10-7-11-17-26/h7-24,33-34H,1-6H3. The summed E-state index contributed by atoms with van der Waals surface area (Å²) in [7, 11) is -7.63. The molecule has 0 radical (unpaired) electrons. The van der Waals surface area contributed by atoms with E-state index in [-0.39, 0.29) is 10.8 Å². The molecule has 0 aromatic heterocycles. The zero-order valence-corrected chi connectivity index (χ0v) is 25.2. The van der Waals surface area contributed by atoms with Gasteiger partial charge in [-0.2, -0.15) is 0 Å². The summed E-state index contributed by atoms with van der Waals surface area (Å²) in [5.41, 5.74) is 1.77. The summed E-state index contributed by atoms with van der Waals surface area (Å²) in [6.45, 7) is 12.8. The second kappa shape index (κ2) is 11.0. The fourth-order valence-corrected chi connectivity index (χ4v) is 9.12. The van der Waals surface area contributed by atoms with Crippen LogP contribution in [0.2, 0.25) is 0 Å². The summed E-state index contributed by atoms with van der Waals surface area (Å²) >= 11 is 0. The van der Waals surface area contributed by atoms with Crippen LogP contribution in [0.5, 0.6) is 11.5 Å². The third-order valence-electron chi connectivity index (χ3n) is 6.49. The second-order valence-corrected chi connectivity index (χ2v) is 16.0. The van der Waals surface area contributed by atoms with Crippen molar-refractivity contribution < 1.29 is 23.1 Å². The molecule has 0 amide bonds. The van der Waals surface area contributed by atoms with Crippen molar-refractivity contribution in [3.05, 3.63) is 120 Å². The van der Waals surface area contributed by atoms with Crippen molar-refractivity contribution in [3.63, 3.8) is 0 Å². The van der Waals surface area contributed by atoms with Gasteiger partial charge in [0, 0.05) is 0 Å². The fourth-order valence-electron chi connectivity index (χ4n) is 4.32. The summed E-state index contributed by atoms with van der Waals surface area (Å²) in [6, 6.07) is 32.9. The molecule has 0 bridgehead atoms. The molecule has 1 atom stereocenters. The molecule has 0 aliphatic heterocycles. The molecule has 4 rings (SSSR count). The average Bonchev–Trinajstić information content (AvgIpc) is 2.89. The Labute approximate surface area is 233 Å². The van der Waals surface area contributed by atoms with Gasteiger partial charge in [-0.1, -0.05) is 0 Å². The summed E-state index contributed by atoms with van der Waals surface area (Å²) in [5.74, 6) is 0.897. The maximum atomic E-state index is 12.9. The third kappa shape index (κ3) is 6.35. The predicted octanol–water partition coefficient (Wildman–Crippen LogP) is 7.92. The Morgan fingerprint density at radius 3 is 1.59 bits per heavy atom. The molecule has 1 unspecified atom stereocenters. The van der Waals surface area contributed by atoms with Crippen LogP contribution in [0.1, 0.15) is 52.7 Å². The molecule has 4 aromatic carbocycles. The Bertz CT molecular complexity index is 1340. The van der Waals surface area contributed by atoms with Gasteiger partial charge in [0.15, 0.2) is 0 Å². The van der Waals surface area contributed by atoms with Crippen molar-refractivity contribution in [2.75, 3.05) is 0 Å². The maximum absolute atomic E-state index is 12.9. The second-order valence-electron chi connectivity index (χ2n) is 11.6. The Hall–Kier alpha value is -2.78. The van der Waals surface area contributed by atoms with E-state index < -0.39 is 15.9 Å². The monoisotopic (exact) mass is 564 g/mol. The van der Waals surface area contributed by atoms with Crippen molar-refractivity contribution in [2.24, 2.45) is 0 Å². The molecule has 0 saturated carbocycles. The fraction of sp³-hybridized carbons (Fsp3) is 0.250. The first-order chi connectivity index (χ1) is 18.3.